The molecule has 6 heteroatoms. The minimum Gasteiger partial charge on any atom is -0.462 e. The molecule has 0 saturated heterocycles. The minimum absolute atomic E-state index is 0.0905. The van der Waals surface area contributed by atoms with Crippen molar-refractivity contribution >= 4 is 35.4 Å². The van der Waals surface area contributed by atoms with E-state index in [1.165, 1.54) is 17.8 Å². The molecule has 4 nitrogen and oxygen atoms in total. The van der Waals surface area contributed by atoms with Gasteiger partial charge in [0.15, 0.2) is 5.16 Å². The Hall–Kier alpha value is -1.07. The molecule has 0 amide bonds. The Bertz CT molecular complexity index is 424. The average molecular weight is 259 g/mol. The molecule has 0 unspecified atom stereocenters. The minimum atomic E-state index is -0.532. The fourth-order valence-corrected chi connectivity index (χ4v) is 1.74. The molecule has 0 radical (unpaired) electrons. The molecule has 0 saturated carbocycles. The Kier molecular flexibility index (Phi) is 4.76. The first-order valence-corrected chi connectivity index (χ1v) is 6.15. The number of esters is 1. The Morgan fingerprint density at radius 1 is 1.62 bits per heavy atom. The molecule has 0 aliphatic heterocycles. The van der Waals surface area contributed by atoms with Crippen LogP contribution in [0.1, 0.15) is 23.0 Å². The average Bonchev–Trinajstić information content (AvgIpc) is 2.27. The molecule has 16 heavy (non-hydrogen) atoms. The number of thioether (sulfide) groups is 1. The van der Waals surface area contributed by atoms with Crippen LogP contribution in [0.25, 0.3) is 6.08 Å². The van der Waals surface area contributed by atoms with E-state index in [0.717, 1.165) is 0 Å². The number of ether oxygens (including phenoxy) is 1. The highest BCUT2D eigenvalue weighted by atomic mass is 35.5. The van der Waals surface area contributed by atoms with E-state index in [1.54, 1.807) is 6.92 Å². The van der Waals surface area contributed by atoms with E-state index in [4.69, 9.17) is 16.3 Å². The molecule has 1 aromatic rings. The fraction of sp³-hybridized carbons (Fsp3) is 0.300. The number of nitrogens with zero attached hydrogens (tertiary/aromatic N) is 2. The number of hydrogen-bond acceptors (Lipinski definition) is 5. The third-order valence-corrected chi connectivity index (χ3v) is 2.55. The number of hydrogen-bond donors (Lipinski definition) is 0. The van der Waals surface area contributed by atoms with Gasteiger partial charge in [-0.25, -0.2) is 14.8 Å². The Morgan fingerprint density at radius 3 is 2.81 bits per heavy atom. The number of aromatic nitrogens is 2. The third kappa shape index (κ3) is 2.74. The highest BCUT2D eigenvalue weighted by molar-refractivity contribution is 7.98. The van der Waals surface area contributed by atoms with Crippen LogP contribution in [0.15, 0.2) is 11.7 Å². The SMILES string of the molecule is C=Cc1nc(SC)nc(Cl)c1C(=O)OCC. The van der Waals surface area contributed by atoms with Crippen LogP contribution in [0.5, 0.6) is 0 Å². The zero-order valence-corrected chi connectivity index (χ0v) is 10.6. The van der Waals surface area contributed by atoms with Crippen molar-refractivity contribution < 1.29 is 9.53 Å². The molecule has 0 atom stereocenters. The van der Waals surface area contributed by atoms with Gasteiger partial charge in [0.05, 0.1) is 12.3 Å². The summed E-state index contributed by atoms with van der Waals surface area (Å²) in [6, 6.07) is 0. The van der Waals surface area contributed by atoms with Crippen molar-refractivity contribution in [3.63, 3.8) is 0 Å². The lowest BCUT2D eigenvalue weighted by molar-refractivity contribution is 0.0525. The molecule has 0 aliphatic rings. The van der Waals surface area contributed by atoms with Gasteiger partial charge in [-0.1, -0.05) is 29.9 Å². The van der Waals surface area contributed by atoms with E-state index in [0.29, 0.717) is 10.9 Å². The number of carbonyl (C=O) groups excluding carboxylic acids is 1. The van der Waals surface area contributed by atoms with Crippen molar-refractivity contribution in [1.82, 2.24) is 9.97 Å². The first-order chi connectivity index (χ1) is 7.63. The first kappa shape index (κ1) is 13.0. The second-order valence-electron chi connectivity index (χ2n) is 2.69. The summed E-state index contributed by atoms with van der Waals surface area (Å²) in [6.45, 7) is 5.58. The molecule has 0 fully saturated rings. The molecule has 1 rings (SSSR count). The van der Waals surface area contributed by atoms with Gasteiger partial charge in [0.1, 0.15) is 10.7 Å². The Morgan fingerprint density at radius 2 is 2.31 bits per heavy atom. The smallest absolute Gasteiger partial charge is 0.343 e. The standard InChI is InChI=1S/C10H11ClN2O2S/c1-4-6-7(9(14)15-5-2)8(11)13-10(12-6)16-3/h4H,1,5H2,2-3H3. The summed E-state index contributed by atoms with van der Waals surface area (Å²) in [4.78, 5) is 19.7. The number of carbonyl (C=O) groups is 1. The topological polar surface area (TPSA) is 52.1 Å². The molecule has 1 heterocycles. The Balaban J connectivity index is 3.26. The normalized spacial score (nSPS) is 9.94. The zero-order valence-electron chi connectivity index (χ0n) is 8.99. The molecule has 0 spiro atoms. The lowest BCUT2D eigenvalue weighted by Gasteiger charge is -2.07. The monoisotopic (exact) mass is 258 g/mol. The van der Waals surface area contributed by atoms with Gasteiger partial charge in [0.25, 0.3) is 0 Å². The van der Waals surface area contributed by atoms with Crippen molar-refractivity contribution in [3.05, 3.63) is 23.0 Å². The van der Waals surface area contributed by atoms with Crippen LogP contribution in [-0.4, -0.2) is 28.8 Å². The third-order valence-electron chi connectivity index (χ3n) is 1.73. The van der Waals surface area contributed by atoms with Crippen LogP contribution >= 0.6 is 23.4 Å². The number of halogens is 1. The van der Waals surface area contributed by atoms with E-state index >= 15 is 0 Å². The molecule has 1 aromatic heterocycles. The van der Waals surface area contributed by atoms with Crippen LogP contribution < -0.4 is 0 Å². The highest BCUT2D eigenvalue weighted by Gasteiger charge is 2.19. The number of rotatable bonds is 4. The zero-order chi connectivity index (χ0) is 12.1. The summed E-state index contributed by atoms with van der Waals surface area (Å²) in [7, 11) is 0. The molecular weight excluding hydrogens is 248 g/mol. The second kappa shape index (κ2) is 5.86. The first-order valence-electron chi connectivity index (χ1n) is 4.55. The van der Waals surface area contributed by atoms with Gasteiger partial charge in [0, 0.05) is 0 Å². The van der Waals surface area contributed by atoms with Crippen LogP contribution in [-0.2, 0) is 4.74 Å². The molecule has 0 N–H and O–H groups in total. The van der Waals surface area contributed by atoms with Gasteiger partial charge in [-0.15, -0.1) is 0 Å². The lowest BCUT2D eigenvalue weighted by atomic mass is 10.2. The predicted molar refractivity (Wildman–Crippen MR) is 64.9 cm³/mol. The van der Waals surface area contributed by atoms with E-state index < -0.39 is 5.97 Å². The maximum Gasteiger partial charge on any atom is 0.343 e. The molecular formula is C10H11ClN2O2S. The van der Waals surface area contributed by atoms with Gasteiger partial charge < -0.3 is 4.74 Å². The quantitative estimate of drug-likeness (QED) is 0.360. The van der Waals surface area contributed by atoms with E-state index in [9.17, 15) is 4.79 Å². The summed E-state index contributed by atoms with van der Waals surface area (Å²) in [5, 5.41) is 0.584. The Labute approximate surface area is 103 Å². The molecule has 0 aromatic carbocycles. The predicted octanol–water partition coefficient (Wildman–Crippen LogP) is 2.67. The maximum absolute atomic E-state index is 11.6. The summed E-state index contributed by atoms with van der Waals surface area (Å²) >= 11 is 7.25. The van der Waals surface area contributed by atoms with Crippen molar-refractivity contribution in [2.45, 2.75) is 12.1 Å². The van der Waals surface area contributed by atoms with Crippen LogP contribution in [0.3, 0.4) is 0 Å². The van der Waals surface area contributed by atoms with Crippen LogP contribution in [0.4, 0.5) is 0 Å². The van der Waals surface area contributed by atoms with Crippen molar-refractivity contribution in [3.8, 4) is 0 Å². The largest absolute Gasteiger partial charge is 0.462 e. The van der Waals surface area contributed by atoms with E-state index in [-0.39, 0.29) is 17.3 Å². The highest BCUT2D eigenvalue weighted by Crippen LogP contribution is 2.22. The van der Waals surface area contributed by atoms with Gasteiger partial charge in [-0.3, -0.25) is 0 Å². The van der Waals surface area contributed by atoms with Gasteiger partial charge >= 0.3 is 5.97 Å². The molecule has 0 aliphatic carbocycles. The summed E-state index contributed by atoms with van der Waals surface area (Å²) in [5.41, 5.74) is 0.555. The maximum atomic E-state index is 11.6. The van der Waals surface area contributed by atoms with Crippen molar-refractivity contribution in [2.24, 2.45) is 0 Å². The molecule has 86 valence electrons. The van der Waals surface area contributed by atoms with Crippen molar-refractivity contribution in [2.75, 3.05) is 12.9 Å². The van der Waals surface area contributed by atoms with Gasteiger partial charge in [0.2, 0.25) is 0 Å². The summed E-state index contributed by atoms with van der Waals surface area (Å²) in [5.74, 6) is -0.532. The fourth-order valence-electron chi connectivity index (χ4n) is 1.06. The summed E-state index contributed by atoms with van der Waals surface area (Å²) in [6.07, 6.45) is 3.28. The van der Waals surface area contributed by atoms with Crippen LogP contribution in [0, 0.1) is 0 Å². The molecule has 0 bridgehead atoms. The van der Waals surface area contributed by atoms with E-state index in [2.05, 4.69) is 16.5 Å². The van der Waals surface area contributed by atoms with Crippen molar-refractivity contribution in [1.29, 1.82) is 0 Å². The van der Waals surface area contributed by atoms with E-state index in [1.807, 2.05) is 6.26 Å². The van der Waals surface area contributed by atoms with Gasteiger partial charge in [-0.2, -0.15) is 0 Å². The van der Waals surface area contributed by atoms with Gasteiger partial charge in [-0.05, 0) is 19.3 Å². The second-order valence-corrected chi connectivity index (χ2v) is 3.82. The lowest BCUT2D eigenvalue weighted by Crippen LogP contribution is -2.10. The van der Waals surface area contributed by atoms with Crippen LogP contribution in [0.2, 0.25) is 5.15 Å². The summed E-state index contributed by atoms with van der Waals surface area (Å²) < 4.78 is 4.87.